The zero-order valence-electron chi connectivity index (χ0n) is 13.2. The molecule has 2 aromatic carbocycles. The minimum absolute atomic E-state index is 0.101. The Morgan fingerprint density at radius 3 is 2.36 bits per heavy atom. The zero-order valence-corrected chi connectivity index (χ0v) is 13.2. The average molecular weight is 299 g/mol. The normalized spacial score (nSPS) is 12.5. The highest BCUT2D eigenvalue weighted by Gasteiger charge is 2.14. The molecule has 0 aliphatic heterocycles. The van der Waals surface area contributed by atoms with Crippen molar-refractivity contribution in [2.45, 2.75) is 32.6 Å². The van der Waals surface area contributed by atoms with E-state index in [0.29, 0.717) is 6.42 Å². The summed E-state index contributed by atoms with van der Waals surface area (Å²) in [6.07, 6.45) is 3.84. The van der Waals surface area contributed by atoms with Crippen LogP contribution in [-0.4, -0.2) is 24.0 Å². The number of aliphatic hydroxyl groups excluding tert-OH is 1. The van der Waals surface area contributed by atoms with Crippen LogP contribution < -0.4 is 5.73 Å². The summed E-state index contributed by atoms with van der Waals surface area (Å²) in [5, 5.41) is 11.5. The molecular formula is C19H25NO2. The molecule has 2 rings (SSSR count). The first kappa shape index (κ1) is 16.7. The number of hydrogen-bond donors (Lipinski definition) is 2. The summed E-state index contributed by atoms with van der Waals surface area (Å²) in [6.45, 7) is 2.23. The Morgan fingerprint density at radius 2 is 1.73 bits per heavy atom. The smallest absolute Gasteiger partial charge is 0.161 e. The van der Waals surface area contributed by atoms with Gasteiger partial charge in [0.1, 0.15) is 6.61 Å². The Kier molecular flexibility index (Phi) is 6.10. The van der Waals surface area contributed by atoms with E-state index >= 15 is 0 Å². The molecule has 0 aliphatic rings. The van der Waals surface area contributed by atoms with Crippen LogP contribution in [0.25, 0.3) is 10.8 Å². The molecule has 0 fully saturated rings. The fraction of sp³-hybridized carbons (Fsp3) is 0.421. The predicted octanol–water partition coefficient (Wildman–Crippen LogP) is 2.86. The molecule has 0 amide bonds. The van der Waals surface area contributed by atoms with Crippen molar-refractivity contribution in [3.05, 3.63) is 47.5 Å². The van der Waals surface area contributed by atoms with Gasteiger partial charge in [-0.25, -0.2) is 0 Å². The molecule has 0 aliphatic carbocycles. The lowest BCUT2D eigenvalue weighted by molar-refractivity contribution is -0.125. The second-order valence-electron chi connectivity index (χ2n) is 5.90. The van der Waals surface area contributed by atoms with Gasteiger partial charge in [-0.1, -0.05) is 43.3 Å². The summed E-state index contributed by atoms with van der Waals surface area (Å²) in [5.41, 5.74) is 8.09. The molecule has 0 bridgehead atoms. The van der Waals surface area contributed by atoms with Crippen molar-refractivity contribution in [1.29, 1.82) is 0 Å². The van der Waals surface area contributed by atoms with Gasteiger partial charge < -0.3 is 10.8 Å². The number of aryl methyl sites for hydroxylation is 1. The van der Waals surface area contributed by atoms with Crippen LogP contribution in [0.5, 0.6) is 0 Å². The van der Waals surface area contributed by atoms with Crippen LogP contribution in [0.3, 0.4) is 0 Å². The second-order valence-corrected chi connectivity index (χ2v) is 5.90. The zero-order chi connectivity index (χ0) is 15.9. The fourth-order valence-electron chi connectivity index (χ4n) is 2.88. The van der Waals surface area contributed by atoms with Crippen molar-refractivity contribution in [2.24, 2.45) is 11.7 Å². The summed E-state index contributed by atoms with van der Waals surface area (Å²) in [5.74, 6) is -0.257. The quantitative estimate of drug-likeness (QED) is 0.737. The lowest BCUT2D eigenvalue weighted by atomic mass is 9.90. The van der Waals surface area contributed by atoms with Gasteiger partial charge in [-0.05, 0) is 54.1 Å². The van der Waals surface area contributed by atoms with E-state index in [2.05, 4.69) is 30.3 Å². The van der Waals surface area contributed by atoms with E-state index in [-0.39, 0.29) is 18.3 Å². The van der Waals surface area contributed by atoms with Gasteiger partial charge in [0.25, 0.3) is 0 Å². The minimum atomic E-state index is -0.379. The van der Waals surface area contributed by atoms with Gasteiger partial charge in [-0.2, -0.15) is 0 Å². The third-order valence-electron chi connectivity index (χ3n) is 4.24. The van der Waals surface area contributed by atoms with E-state index in [1.165, 1.54) is 21.9 Å². The third-order valence-corrected chi connectivity index (χ3v) is 4.24. The molecule has 3 N–H and O–H groups in total. The van der Waals surface area contributed by atoms with Gasteiger partial charge in [-0.15, -0.1) is 0 Å². The number of benzene rings is 2. The molecule has 2 aromatic rings. The average Bonchev–Trinajstić information content (AvgIpc) is 2.56. The standard InChI is InChI=1S/C19H25NO2/c1-14(19(22)13-21)12-16-10-9-15(6-4-5-11-20)17-7-2-3-8-18(16)17/h2-3,7-10,14,21H,4-6,11-13,20H2,1H3/t14-/m0/s1. The fourth-order valence-corrected chi connectivity index (χ4v) is 2.88. The third kappa shape index (κ3) is 3.93. The molecule has 0 heterocycles. The summed E-state index contributed by atoms with van der Waals surface area (Å²) in [6, 6.07) is 12.7. The van der Waals surface area contributed by atoms with Gasteiger partial charge in [0.05, 0.1) is 0 Å². The molecule has 0 unspecified atom stereocenters. The van der Waals surface area contributed by atoms with Crippen LogP contribution in [0.4, 0.5) is 0 Å². The molecule has 0 saturated carbocycles. The number of rotatable bonds is 8. The number of nitrogens with two attached hydrogens (primary N) is 1. The lowest BCUT2D eigenvalue weighted by Crippen LogP contribution is -2.17. The lowest BCUT2D eigenvalue weighted by Gasteiger charge is -2.14. The Bertz CT molecular complexity index is 636. The van der Waals surface area contributed by atoms with Gasteiger partial charge in [-0.3, -0.25) is 4.79 Å². The van der Waals surface area contributed by atoms with Crippen molar-refractivity contribution in [3.8, 4) is 0 Å². The highest BCUT2D eigenvalue weighted by molar-refractivity contribution is 5.89. The van der Waals surface area contributed by atoms with E-state index in [9.17, 15) is 4.79 Å². The predicted molar refractivity (Wildman–Crippen MR) is 90.9 cm³/mol. The number of carbonyl (C=O) groups excluding carboxylic acids is 1. The Hall–Kier alpha value is -1.71. The summed E-state index contributed by atoms with van der Waals surface area (Å²) in [4.78, 5) is 11.6. The molecule has 22 heavy (non-hydrogen) atoms. The van der Waals surface area contributed by atoms with Crippen LogP contribution in [0.1, 0.15) is 30.9 Å². The monoisotopic (exact) mass is 299 g/mol. The van der Waals surface area contributed by atoms with Crippen LogP contribution >= 0.6 is 0 Å². The molecule has 3 heteroatoms. The topological polar surface area (TPSA) is 63.3 Å². The Morgan fingerprint density at radius 1 is 1.09 bits per heavy atom. The van der Waals surface area contributed by atoms with Crippen molar-refractivity contribution in [2.75, 3.05) is 13.2 Å². The number of fused-ring (bicyclic) bond motifs is 1. The SMILES string of the molecule is C[C@@H](Cc1ccc(CCCCN)c2ccccc12)C(=O)CO. The number of Topliss-reactive ketones (excluding diaryl/α,β-unsaturated/α-hetero) is 1. The van der Waals surface area contributed by atoms with Crippen molar-refractivity contribution < 1.29 is 9.90 Å². The molecule has 118 valence electrons. The number of aliphatic hydroxyl groups is 1. The van der Waals surface area contributed by atoms with Crippen molar-refractivity contribution in [3.63, 3.8) is 0 Å². The van der Waals surface area contributed by atoms with Crippen molar-refractivity contribution >= 4 is 16.6 Å². The molecule has 1 atom stereocenters. The van der Waals surface area contributed by atoms with Crippen LogP contribution in [-0.2, 0) is 17.6 Å². The molecule has 0 spiro atoms. The summed E-state index contributed by atoms with van der Waals surface area (Å²) in [7, 11) is 0. The maximum atomic E-state index is 11.6. The highest BCUT2D eigenvalue weighted by Crippen LogP contribution is 2.26. The number of hydrogen-bond acceptors (Lipinski definition) is 3. The first-order valence-corrected chi connectivity index (χ1v) is 8.00. The molecule has 0 radical (unpaired) electrons. The maximum absolute atomic E-state index is 11.6. The van der Waals surface area contributed by atoms with E-state index in [4.69, 9.17) is 10.8 Å². The summed E-state index contributed by atoms with van der Waals surface area (Å²) < 4.78 is 0. The minimum Gasteiger partial charge on any atom is -0.389 e. The van der Waals surface area contributed by atoms with E-state index in [0.717, 1.165) is 25.8 Å². The van der Waals surface area contributed by atoms with Crippen molar-refractivity contribution in [1.82, 2.24) is 0 Å². The Balaban J connectivity index is 2.29. The van der Waals surface area contributed by atoms with E-state index in [1.54, 1.807) is 0 Å². The van der Waals surface area contributed by atoms with Crippen LogP contribution in [0, 0.1) is 5.92 Å². The molecule has 0 saturated heterocycles. The maximum Gasteiger partial charge on any atom is 0.161 e. The largest absolute Gasteiger partial charge is 0.389 e. The van der Waals surface area contributed by atoms with Gasteiger partial charge in [0.2, 0.25) is 0 Å². The van der Waals surface area contributed by atoms with E-state index < -0.39 is 0 Å². The Labute approximate surface area is 132 Å². The number of carbonyl (C=O) groups is 1. The first-order valence-electron chi connectivity index (χ1n) is 8.00. The van der Waals surface area contributed by atoms with Gasteiger partial charge in [0, 0.05) is 5.92 Å². The van der Waals surface area contributed by atoms with Crippen LogP contribution in [0.2, 0.25) is 0 Å². The summed E-state index contributed by atoms with van der Waals surface area (Å²) >= 11 is 0. The number of ketones is 1. The van der Waals surface area contributed by atoms with Crippen LogP contribution in [0.15, 0.2) is 36.4 Å². The molecule has 0 aromatic heterocycles. The highest BCUT2D eigenvalue weighted by atomic mass is 16.3. The molecular weight excluding hydrogens is 274 g/mol. The van der Waals surface area contributed by atoms with Gasteiger partial charge in [0.15, 0.2) is 5.78 Å². The number of unbranched alkanes of at least 4 members (excludes halogenated alkanes) is 1. The second kappa shape index (κ2) is 8.06. The van der Waals surface area contributed by atoms with Gasteiger partial charge >= 0.3 is 0 Å². The molecule has 3 nitrogen and oxygen atoms in total. The first-order chi connectivity index (χ1) is 10.7. The van der Waals surface area contributed by atoms with E-state index in [1.807, 2.05) is 13.0 Å².